The molecule has 0 aromatic heterocycles. The van der Waals surface area contributed by atoms with Crippen LogP contribution < -0.4 is 23.5 Å². The molecule has 14 heavy (non-hydrogen) atoms. The standard InChI is InChI=1S/C8H16N3OS.ClH/c1-4-5-10-8(9)13-6-7(12)11(2)3;/h4,10H,1,5-6,9H2,2-3H3;1H/q+1;/p-1. The maximum absolute atomic E-state index is 11.1. The van der Waals surface area contributed by atoms with Crippen molar-refractivity contribution in [1.82, 2.24) is 10.2 Å². The van der Waals surface area contributed by atoms with Crippen molar-refractivity contribution >= 4 is 22.4 Å². The molecule has 0 aliphatic carbocycles. The topological polar surface area (TPSA) is 58.4 Å². The van der Waals surface area contributed by atoms with Crippen molar-refractivity contribution in [3.63, 3.8) is 0 Å². The average Bonchev–Trinajstić information content (AvgIpc) is 2.10. The van der Waals surface area contributed by atoms with Gasteiger partial charge < -0.3 is 17.3 Å². The summed E-state index contributed by atoms with van der Waals surface area (Å²) in [6, 6.07) is 0. The quantitative estimate of drug-likeness (QED) is 0.298. The van der Waals surface area contributed by atoms with Crippen LogP contribution in [0.1, 0.15) is 0 Å². The molecule has 4 nitrogen and oxygen atoms in total. The van der Waals surface area contributed by atoms with E-state index in [-0.39, 0.29) is 18.3 Å². The molecule has 0 rings (SSSR count). The summed E-state index contributed by atoms with van der Waals surface area (Å²) in [6.45, 7) is 4.16. The van der Waals surface area contributed by atoms with Crippen molar-refractivity contribution in [2.24, 2.45) is 5.73 Å². The van der Waals surface area contributed by atoms with E-state index in [9.17, 15) is 4.79 Å². The van der Waals surface area contributed by atoms with Gasteiger partial charge in [0.2, 0.25) is 11.4 Å². The molecule has 0 saturated carbocycles. The fourth-order valence-electron chi connectivity index (χ4n) is 0.492. The number of nitrogens with two attached hydrogens (primary N) is 1. The van der Waals surface area contributed by atoms with Crippen molar-refractivity contribution < 1.29 is 17.2 Å². The van der Waals surface area contributed by atoms with Crippen LogP contribution in [0.2, 0.25) is 0 Å². The number of hydrogen-bond acceptors (Lipinski definition) is 1. The summed E-state index contributed by atoms with van der Waals surface area (Å²) in [5.74, 6) is 0.413. The Hall–Kier alpha value is -0.490. The molecule has 3 N–H and O–H groups in total. The lowest BCUT2D eigenvalue weighted by Crippen LogP contribution is -3.00. The van der Waals surface area contributed by atoms with E-state index in [1.807, 2.05) is 0 Å². The predicted molar refractivity (Wildman–Crippen MR) is 58.3 cm³/mol. The van der Waals surface area contributed by atoms with Gasteiger partial charge in [-0.15, -0.1) is 6.58 Å². The Bertz CT molecular complexity index is 219. The summed E-state index contributed by atoms with van der Waals surface area (Å²) in [7, 11) is 3.44. The number of carbonyl (C=O) groups is 1. The molecule has 0 heterocycles. The Morgan fingerprint density at radius 1 is 1.64 bits per heavy atom. The first kappa shape index (κ1) is 16.0. The van der Waals surface area contributed by atoms with Crippen molar-refractivity contribution in [3.05, 3.63) is 12.7 Å². The second kappa shape index (κ2) is 9.08. The summed E-state index contributed by atoms with van der Waals surface area (Å²) in [4.78, 5) is 12.6. The zero-order valence-corrected chi connectivity index (χ0v) is 9.99. The summed E-state index contributed by atoms with van der Waals surface area (Å²) >= 11 is 1.30. The van der Waals surface area contributed by atoms with E-state index in [0.717, 1.165) is 0 Å². The van der Waals surface area contributed by atoms with E-state index in [0.29, 0.717) is 17.4 Å². The number of halogens is 1. The second-order valence-electron chi connectivity index (χ2n) is 2.61. The van der Waals surface area contributed by atoms with Gasteiger partial charge in [-0.3, -0.25) is 4.79 Å². The zero-order chi connectivity index (χ0) is 10.3. The second-order valence-corrected chi connectivity index (χ2v) is 3.63. The molecule has 0 aromatic carbocycles. The minimum absolute atomic E-state index is 0. The number of carbonyl (C=O) groups excluding carboxylic acids is 1. The van der Waals surface area contributed by atoms with Crippen molar-refractivity contribution in [1.29, 1.82) is 0 Å². The van der Waals surface area contributed by atoms with Crippen LogP contribution in [0, 0.1) is 0 Å². The number of rotatable bonds is 4. The van der Waals surface area contributed by atoms with Crippen LogP contribution in [0.5, 0.6) is 0 Å². The monoisotopic (exact) mass is 237 g/mol. The molecule has 0 saturated heterocycles. The van der Waals surface area contributed by atoms with Crippen LogP contribution in [-0.4, -0.2) is 42.3 Å². The van der Waals surface area contributed by atoms with E-state index in [1.54, 1.807) is 20.2 Å². The molecule has 1 amide bonds. The van der Waals surface area contributed by atoms with Crippen molar-refractivity contribution in [2.75, 3.05) is 26.4 Å². The third-order valence-electron chi connectivity index (χ3n) is 1.27. The fourth-order valence-corrected chi connectivity index (χ4v) is 1.21. The van der Waals surface area contributed by atoms with E-state index < -0.39 is 0 Å². The van der Waals surface area contributed by atoms with Crippen molar-refractivity contribution in [3.8, 4) is 0 Å². The Morgan fingerprint density at radius 2 is 2.21 bits per heavy atom. The van der Waals surface area contributed by atoms with Gasteiger partial charge in [-0.2, -0.15) is 0 Å². The molecule has 82 valence electrons. The molecule has 0 spiro atoms. The van der Waals surface area contributed by atoms with Gasteiger partial charge in [0, 0.05) is 20.6 Å². The summed E-state index contributed by atoms with van der Waals surface area (Å²) in [6.07, 6.45) is 1.71. The molecule has 0 atom stereocenters. The Kier molecular flexibility index (Phi) is 10.4. The maximum Gasteiger partial charge on any atom is 0.318 e. The van der Waals surface area contributed by atoms with Gasteiger partial charge in [0.25, 0.3) is 11.7 Å². The summed E-state index contributed by atoms with van der Waals surface area (Å²) in [5, 5.41) is 3.45. The van der Waals surface area contributed by atoms with Gasteiger partial charge >= 0.3 is 5.11 Å². The van der Waals surface area contributed by atoms with Gasteiger partial charge in [0.1, 0.15) is 0 Å². The van der Waals surface area contributed by atoms with Crippen LogP contribution in [0.15, 0.2) is 12.7 Å². The van der Waals surface area contributed by atoms with Crippen LogP contribution in [0.3, 0.4) is 0 Å². The lowest BCUT2D eigenvalue weighted by atomic mass is 10.6. The summed E-state index contributed by atoms with van der Waals surface area (Å²) in [5.41, 5.74) is 5.56. The maximum atomic E-state index is 11.1. The SMILES string of the molecule is C=CCN/C(N)=[S+]/CC(=O)N(C)C.[Cl-]. The molecule has 6 heteroatoms. The van der Waals surface area contributed by atoms with Gasteiger partial charge in [0.15, 0.2) is 0 Å². The average molecular weight is 238 g/mol. The van der Waals surface area contributed by atoms with Gasteiger partial charge in [-0.25, -0.2) is 11.1 Å². The number of hydrogen-bond donors (Lipinski definition) is 2. The molecular formula is C8H16ClN3OS. The molecule has 0 unspecified atom stereocenters. The molecular weight excluding hydrogens is 222 g/mol. The third kappa shape index (κ3) is 8.12. The first-order chi connectivity index (χ1) is 6.07. The highest BCUT2D eigenvalue weighted by Gasteiger charge is 2.12. The van der Waals surface area contributed by atoms with E-state index >= 15 is 0 Å². The van der Waals surface area contributed by atoms with Gasteiger partial charge in [0.05, 0.1) is 0 Å². The number of nitrogens with one attached hydrogen (secondary N) is 1. The molecule has 0 bridgehead atoms. The minimum atomic E-state index is 0. The molecule has 0 fully saturated rings. The fraction of sp³-hybridized carbons (Fsp3) is 0.500. The predicted octanol–water partition coefficient (Wildman–Crippen LogP) is -4.02. The largest absolute Gasteiger partial charge is 1.00 e. The van der Waals surface area contributed by atoms with Crippen LogP contribution >= 0.6 is 0 Å². The van der Waals surface area contributed by atoms with E-state index in [4.69, 9.17) is 5.73 Å². The number of nitrogens with zero attached hydrogens (tertiary/aromatic N) is 1. The van der Waals surface area contributed by atoms with Gasteiger partial charge in [-0.1, -0.05) is 6.08 Å². The normalized spacial score (nSPS) is 10.4. The Labute approximate surface area is 94.9 Å². The highest BCUT2D eigenvalue weighted by molar-refractivity contribution is 7.79. The lowest BCUT2D eigenvalue weighted by Gasteiger charge is -2.02. The van der Waals surface area contributed by atoms with Crippen LogP contribution in [0.25, 0.3) is 0 Å². The van der Waals surface area contributed by atoms with E-state index in [2.05, 4.69) is 11.9 Å². The number of amides is 1. The van der Waals surface area contributed by atoms with Gasteiger partial charge in [-0.05, 0) is 0 Å². The Morgan fingerprint density at radius 3 is 2.64 bits per heavy atom. The first-order valence-corrected chi connectivity index (χ1v) is 4.86. The Balaban J connectivity index is 0. The van der Waals surface area contributed by atoms with E-state index in [1.165, 1.54) is 16.3 Å². The summed E-state index contributed by atoms with van der Waals surface area (Å²) < 4.78 is 0. The molecule has 0 aliphatic heterocycles. The first-order valence-electron chi connectivity index (χ1n) is 3.88. The highest BCUT2D eigenvalue weighted by Crippen LogP contribution is 1.77. The van der Waals surface area contributed by atoms with Crippen molar-refractivity contribution in [2.45, 2.75) is 0 Å². The highest BCUT2D eigenvalue weighted by atomic mass is 35.5. The zero-order valence-electron chi connectivity index (χ0n) is 8.42. The van der Waals surface area contributed by atoms with Crippen LogP contribution in [-0.2, 0) is 16.1 Å². The lowest BCUT2D eigenvalue weighted by molar-refractivity contribution is -0.125. The third-order valence-corrected chi connectivity index (χ3v) is 2.12. The smallest absolute Gasteiger partial charge is 0.318 e. The molecule has 0 aromatic rings. The molecule has 0 radical (unpaired) electrons. The molecule has 0 aliphatic rings. The van der Waals surface area contributed by atoms with Crippen LogP contribution in [0.4, 0.5) is 0 Å². The minimum Gasteiger partial charge on any atom is -1.00 e.